The number of hydrogen-bond donors (Lipinski definition) is 1. The van der Waals surface area contributed by atoms with Crippen LogP contribution in [0.2, 0.25) is 0 Å². The van der Waals surface area contributed by atoms with Gasteiger partial charge in [0.2, 0.25) is 0 Å². The van der Waals surface area contributed by atoms with Gasteiger partial charge in [0.05, 0.1) is 0 Å². The quantitative estimate of drug-likeness (QED) is 0.781. The third-order valence-electron chi connectivity index (χ3n) is 2.77. The zero-order chi connectivity index (χ0) is 11.3. The molecule has 1 nitrogen and oxygen atoms in total. The van der Waals surface area contributed by atoms with Crippen LogP contribution in [0.4, 0.5) is 0 Å². The van der Waals surface area contributed by atoms with Gasteiger partial charge in [-0.1, -0.05) is 20.8 Å². The van der Waals surface area contributed by atoms with Crippen molar-refractivity contribution in [2.45, 2.75) is 40.0 Å². The van der Waals surface area contributed by atoms with Gasteiger partial charge in [0.15, 0.2) is 0 Å². The topological polar surface area (TPSA) is 12.0 Å². The van der Waals surface area contributed by atoms with E-state index in [-0.39, 0.29) is 0 Å². The largest absolute Gasteiger partial charge is 0.319 e. The Morgan fingerprint density at radius 3 is 2.47 bits per heavy atom. The molecule has 0 amide bonds. The summed E-state index contributed by atoms with van der Waals surface area (Å²) in [6.07, 6.45) is 3.65. The summed E-state index contributed by atoms with van der Waals surface area (Å²) in [6, 6.07) is 4.56. The summed E-state index contributed by atoms with van der Waals surface area (Å²) in [5.41, 5.74) is 0.408. The van der Waals surface area contributed by atoms with Crippen LogP contribution >= 0.6 is 11.3 Å². The maximum atomic E-state index is 3.26. The van der Waals surface area contributed by atoms with Crippen LogP contribution in [-0.4, -0.2) is 13.6 Å². The summed E-state index contributed by atoms with van der Waals surface area (Å²) in [7, 11) is 2.03. The van der Waals surface area contributed by atoms with Crippen molar-refractivity contribution in [2.24, 2.45) is 5.41 Å². The second-order valence-electron chi connectivity index (χ2n) is 4.92. The molecule has 15 heavy (non-hydrogen) atoms. The maximum Gasteiger partial charge on any atom is 0.00483 e. The van der Waals surface area contributed by atoms with Crippen LogP contribution in [0.1, 0.15) is 36.9 Å². The van der Waals surface area contributed by atoms with Crippen LogP contribution in [-0.2, 0) is 12.8 Å². The van der Waals surface area contributed by atoms with Crippen LogP contribution in [0.25, 0.3) is 0 Å². The van der Waals surface area contributed by atoms with Crippen LogP contribution in [0, 0.1) is 5.41 Å². The molecule has 0 saturated carbocycles. The average molecular weight is 225 g/mol. The first kappa shape index (κ1) is 12.7. The van der Waals surface area contributed by atoms with Crippen molar-refractivity contribution in [3.63, 3.8) is 0 Å². The highest BCUT2D eigenvalue weighted by molar-refractivity contribution is 7.11. The average Bonchev–Trinajstić information content (AvgIpc) is 2.62. The molecule has 0 radical (unpaired) electrons. The van der Waals surface area contributed by atoms with Crippen molar-refractivity contribution in [2.75, 3.05) is 13.6 Å². The molecule has 1 rings (SSSR count). The third-order valence-corrected chi connectivity index (χ3v) is 4.06. The predicted octanol–water partition coefficient (Wildman–Crippen LogP) is 3.49. The Morgan fingerprint density at radius 2 is 1.93 bits per heavy atom. The molecule has 1 N–H and O–H groups in total. The van der Waals surface area contributed by atoms with E-state index in [1.165, 1.54) is 29.0 Å². The lowest BCUT2D eigenvalue weighted by molar-refractivity contribution is 0.325. The SMILES string of the molecule is CCc1ccc(CCC(C)(C)CNC)s1. The van der Waals surface area contributed by atoms with Gasteiger partial charge in [0.25, 0.3) is 0 Å². The Hall–Kier alpha value is -0.340. The predicted molar refractivity (Wildman–Crippen MR) is 69.7 cm³/mol. The van der Waals surface area contributed by atoms with E-state index in [9.17, 15) is 0 Å². The van der Waals surface area contributed by atoms with Crippen LogP contribution in [0.15, 0.2) is 12.1 Å². The Kier molecular flexibility index (Phi) is 4.81. The minimum absolute atomic E-state index is 0.408. The summed E-state index contributed by atoms with van der Waals surface area (Å²) in [5, 5.41) is 3.26. The first-order valence-corrected chi connectivity index (χ1v) is 6.61. The van der Waals surface area contributed by atoms with Crippen molar-refractivity contribution in [1.82, 2.24) is 5.32 Å². The fourth-order valence-electron chi connectivity index (χ4n) is 1.78. The molecule has 0 saturated heterocycles. The van der Waals surface area contributed by atoms with Gasteiger partial charge in [-0.15, -0.1) is 11.3 Å². The van der Waals surface area contributed by atoms with Crippen LogP contribution in [0.5, 0.6) is 0 Å². The van der Waals surface area contributed by atoms with Crippen molar-refractivity contribution < 1.29 is 0 Å². The Bertz CT molecular complexity index is 288. The fourth-order valence-corrected chi connectivity index (χ4v) is 2.73. The molecule has 0 aliphatic carbocycles. The highest BCUT2D eigenvalue weighted by Crippen LogP contribution is 2.25. The molecule has 1 aromatic heterocycles. The van der Waals surface area contributed by atoms with E-state index in [1.54, 1.807) is 0 Å². The molecule has 0 atom stereocenters. The smallest absolute Gasteiger partial charge is 0.00483 e. The lowest BCUT2D eigenvalue weighted by Crippen LogP contribution is -2.27. The van der Waals surface area contributed by atoms with E-state index in [1.807, 2.05) is 18.4 Å². The molecule has 1 heterocycles. The molecular formula is C13H23NS. The first-order chi connectivity index (χ1) is 7.07. The van der Waals surface area contributed by atoms with Crippen molar-refractivity contribution in [3.05, 3.63) is 21.9 Å². The van der Waals surface area contributed by atoms with Gasteiger partial charge >= 0.3 is 0 Å². The van der Waals surface area contributed by atoms with Gasteiger partial charge in [-0.25, -0.2) is 0 Å². The zero-order valence-electron chi connectivity index (χ0n) is 10.4. The molecule has 0 aromatic carbocycles. The molecule has 86 valence electrons. The number of nitrogens with one attached hydrogen (secondary N) is 1. The van der Waals surface area contributed by atoms with E-state index < -0.39 is 0 Å². The van der Waals surface area contributed by atoms with Crippen molar-refractivity contribution in [3.8, 4) is 0 Å². The van der Waals surface area contributed by atoms with Crippen molar-refractivity contribution in [1.29, 1.82) is 0 Å². The minimum atomic E-state index is 0.408. The number of thiophene rings is 1. The molecule has 0 unspecified atom stereocenters. The summed E-state index contributed by atoms with van der Waals surface area (Å²) in [5.74, 6) is 0. The molecular weight excluding hydrogens is 202 g/mol. The van der Waals surface area contributed by atoms with Crippen molar-refractivity contribution >= 4 is 11.3 Å². The standard InChI is InChI=1S/C13H23NS/c1-5-11-6-7-12(15-11)8-9-13(2,3)10-14-4/h6-7,14H,5,8-10H2,1-4H3. The summed E-state index contributed by atoms with van der Waals surface area (Å²) in [4.78, 5) is 3.05. The second kappa shape index (κ2) is 5.66. The van der Waals surface area contributed by atoms with E-state index in [4.69, 9.17) is 0 Å². The van der Waals surface area contributed by atoms with Crippen LogP contribution < -0.4 is 5.32 Å². The van der Waals surface area contributed by atoms with Gasteiger partial charge in [0, 0.05) is 9.75 Å². The first-order valence-electron chi connectivity index (χ1n) is 5.79. The van der Waals surface area contributed by atoms with Gasteiger partial charge < -0.3 is 5.32 Å². The summed E-state index contributed by atoms with van der Waals surface area (Å²) < 4.78 is 0. The summed E-state index contributed by atoms with van der Waals surface area (Å²) in [6.45, 7) is 7.98. The number of aryl methyl sites for hydroxylation is 2. The zero-order valence-corrected chi connectivity index (χ0v) is 11.2. The Morgan fingerprint density at radius 1 is 1.27 bits per heavy atom. The van der Waals surface area contributed by atoms with Crippen LogP contribution in [0.3, 0.4) is 0 Å². The maximum absolute atomic E-state index is 3.26. The fraction of sp³-hybridized carbons (Fsp3) is 0.692. The lowest BCUT2D eigenvalue weighted by atomic mass is 9.87. The van der Waals surface area contributed by atoms with Gasteiger partial charge in [0.1, 0.15) is 0 Å². The third kappa shape index (κ3) is 4.35. The Labute approximate surface area is 97.9 Å². The normalized spacial score (nSPS) is 12.0. The molecule has 2 heteroatoms. The molecule has 0 spiro atoms. The highest BCUT2D eigenvalue weighted by Gasteiger charge is 2.16. The number of hydrogen-bond acceptors (Lipinski definition) is 2. The summed E-state index contributed by atoms with van der Waals surface area (Å²) >= 11 is 1.97. The van der Waals surface area contributed by atoms with E-state index in [2.05, 4.69) is 38.2 Å². The van der Waals surface area contributed by atoms with Gasteiger partial charge in [-0.2, -0.15) is 0 Å². The number of rotatable bonds is 6. The molecule has 0 fully saturated rings. The van der Waals surface area contributed by atoms with E-state index >= 15 is 0 Å². The Balaban J connectivity index is 2.42. The monoisotopic (exact) mass is 225 g/mol. The second-order valence-corrected chi connectivity index (χ2v) is 6.17. The molecule has 0 aliphatic rings. The minimum Gasteiger partial charge on any atom is -0.319 e. The highest BCUT2D eigenvalue weighted by atomic mass is 32.1. The van der Waals surface area contributed by atoms with E-state index in [0.717, 1.165) is 6.54 Å². The van der Waals surface area contributed by atoms with Gasteiger partial charge in [-0.05, 0) is 50.4 Å². The molecule has 1 aromatic rings. The van der Waals surface area contributed by atoms with Gasteiger partial charge in [-0.3, -0.25) is 0 Å². The lowest BCUT2D eigenvalue weighted by Gasteiger charge is -2.23. The molecule has 0 bridgehead atoms. The molecule has 0 aliphatic heterocycles. The van der Waals surface area contributed by atoms with E-state index in [0.29, 0.717) is 5.41 Å².